The second kappa shape index (κ2) is 5.54. The standard InChI is InChI=1S/C11H11N3O3S2/c1-5-8(10(15)16)9(14-11(17)13-5)18-4-7-3-12-6(2)19-7/h3H,4H2,1-2H3,(H,15,16)(H,13,14,17). The normalized spacial score (nSPS) is 10.6. The zero-order valence-electron chi connectivity index (χ0n) is 10.3. The van der Waals surface area contributed by atoms with Gasteiger partial charge in [0.1, 0.15) is 10.6 Å². The van der Waals surface area contributed by atoms with E-state index in [0.29, 0.717) is 11.4 Å². The van der Waals surface area contributed by atoms with Crippen molar-refractivity contribution in [3.63, 3.8) is 0 Å². The van der Waals surface area contributed by atoms with Gasteiger partial charge in [0.15, 0.2) is 0 Å². The average molecular weight is 297 g/mol. The number of nitrogens with one attached hydrogen (secondary N) is 1. The predicted octanol–water partition coefficient (Wildman–Crippen LogP) is 1.83. The van der Waals surface area contributed by atoms with Gasteiger partial charge in [-0.15, -0.1) is 11.3 Å². The van der Waals surface area contributed by atoms with E-state index in [1.165, 1.54) is 23.1 Å². The topological polar surface area (TPSA) is 95.9 Å². The minimum Gasteiger partial charge on any atom is -0.478 e. The van der Waals surface area contributed by atoms with Crippen LogP contribution in [0, 0.1) is 13.8 Å². The number of aromatic nitrogens is 3. The Kier molecular flexibility index (Phi) is 4.01. The number of carbonyl (C=O) groups is 1. The highest BCUT2D eigenvalue weighted by molar-refractivity contribution is 7.98. The van der Waals surface area contributed by atoms with Gasteiger partial charge in [-0.1, -0.05) is 11.8 Å². The maximum absolute atomic E-state index is 11.3. The smallest absolute Gasteiger partial charge is 0.346 e. The summed E-state index contributed by atoms with van der Waals surface area (Å²) < 4.78 is 0. The summed E-state index contributed by atoms with van der Waals surface area (Å²) in [5, 5.41) is 10.3. The molecule has 0 atom stereocenters. The molecule has 0 aliphatic carbocycles. The molecule has 8 heteroatoms. The lowest BCUT2D eigenvalue weighted by molar-refractivity contribution is 0.0690. The summed E-state index contributed by atoms with van der Waals surface area (Å²) in [6.07, 6.45) is 1.74. The quantitative estimate of drug-likeness (QED) is 0.660. The molecule has 0 spiro atoms. The molecule has 0 aliphatic rings. The zero-order valence-corrected chi connectivity index (χ0v) is 11.9. The van der Waals surface area contributed by atoms with Crippen LogP contribution in [-0.2, 0) is 5.75 Å². The van der Waals surface area contributed by atoms with Crippen LogP contribution in [0.1, 0.15) is 25.9 Å². The Morgan fingerprint density at radius 3 is 2.84 bits per heavy atom. The highest BCUT2D eigenvalue weighted by Gasteiger charge is 2.17. The summed E-state index contributed by atoms with van der Waals surface area (Å²) >= 11 is 2.77. The van der Waals surface area contributed by atoms with Gasteiger partial charge >= 0.3 is 11.7 Å². The van der Waals surface area contributed by atoms with Gasteiger partial charge in [0.05, 0.1) is 5.01 Å². The molecule has 19 heavy (non-hydrogen) atoms. The van der Waals surface area contributed by atoms with Crippen molar-refractivity contribution >= 4 is 29.1 Å². The number of nitrogens with zero attached hydrogens (tertiary/aromatic N) is 2. The molecular formula is C11H11N3O3S2. The van der Waals surface area contributed by atoms with E-state index in [0.717, 1.165) is 9.88 Å². The van der Waals surface area contributed by atoms with Crippen LogP contribution in [0.25, 0.3) is 0 Å². The number of hydrogen-bond acceptors (Lipinski definition) is 6. The van der Waals surface area contributed by atoms with Gasteiger partial charge in [-0.05, 0) is 13.8 Å². The molecule has 2 aromatic rings. The fourth-order valence-electron chi connectivity index (χ4n) is 1.53. The van der Waals surface area contributed by atoms with Gasteiger partial charge in [0.2, 0.25) is 0 Å². The molecule has 2 N–H and O–H groups in total. The summed E-state index contributed by atoms with van der Waals surface area (Å²) in [6, 6.07) is 0. The van der Waals surface area contributed by atoms with Crippen molar-refractivity contribution in [3.05, 3.63) is 37.8 Å². The molecule has 0 aromatic carbocycles. The first-order valence-corrected chi connectivity index (χ1v) is 7.16. The summed E-state index contributed by atoms with van der Waals surface area (Å²) in [5.74, 6) is -0.550. The zero-order chi connectivity index (χ0) is 14.0. The van der Waals surface area contributed by atoms with Gasteiger partial charge < -0.3 is 10.1 Å². The second-order valence-electron chi connectivity index (χ2n) is 3.79. The van der Waals surface area contributed by atoms with Gasteiger partial charge in [-0.2, -0.15) is 4.98 Å². The molecule has 6 nitrogen and oxygen atoms in total. The lowest BCUT2D eigenvalue weighted by atomic mass is 10.2. The largest absolute Gasteiger partial charge is 0.478 e. The summed E-state index contributed by atoms with van der Waals surface area (Å²) in [5.41, 5.74) is -0.174. The molecule has 100 valence electrons. The molecule has 2 rings (SSSR count). The fraction of sp³-hybridized carbons (Fsp3) is 0.273. The third-order valence-corrected chi connectivity index (χ3v) is 4.44. The Bertz CT molecular complexity index is 678. The summed E-state index contributed by atoms with van der Waals surface area (Å²) in [4.78, 5) is 33.8. The number of carboxylic acid groups (broad SMARTS) is 1. The van der Waals surface area contributed by atoms with E-state index in [4.69, 9.17) is 5.11 Å². The number of carboxylic acids is 1. The molecule has 0 bridgehead atoms. The summed E-state index contributed by atoms with van der Waals surface area (Å²) in [6.45, 7) is 3.45. The molecule has 0 unspecified atom stereocenters. The van der Waals surface area contributed by atoms with E-state index in [1.54, 1.807) is 13.1 Å². The number of aromatic amines is 1. The van der Waals surface area contributed by atoms with Crippen molar-refractivity contribution in [1.29, 1.82) is 0 Å². The summed E-state index contributed by atoms with van der Waals surface area (Å²) in [7, 11) is 0. The maximum Gasteiger partial charge on any atom is 0.346 e. The predicted molar refractivity (Wildman–Crippen MR) is 73.0 cm³/mol. The number of rotatable bonds is 4. The van der Waals surface area contributed by atoms with E-state index in [2.05, 4.69) is 15.0 Å². The van der Waals surface area contributed by atoms with Crippen LogP contribution in [0.15, 0.2) is 16.0 Å². The van der Waals surface area contributed by atoms with Crippen LogP contribution in [-0.4, -0.2) is 26.0 Å². The minimum absolute atomic E-state index is 0.0471. The monoisotopic (exact) mass is 297 g/mol. The van der Waals surface area contributed by atoms with Crippen molar-refractivity contribution in [1.82, 2.24) is 15.0 Å². The molecule has 2 heterocycles. The van der Waals surface area contributed by atoms with Crippen molar-refractivity contribution in [2.45, 2.75) is 24.6 Å². The lowest BCUT2D eigenvalue weighted by Gasteiger charge is -2.05. The Labute approximate surface area is 116 Å². The van der Waals surface area contributed by atoms with Crippen molar-refractivity contribution < 1.29 is 9.90 Å². The van der Waals surface area contributed by atoms with E-state index in [1.807, 2.05) is 6.92 Å². The van der Waals surface area contributed by atoms with Crippen molar-refractivity contribution in [2.75, 3.05) is 0 Å². The van der Waals surface area contributed by atoms with Crippen LogP contribution < -0.4 is 5.69 Å². The van der Waals surface area contributed by atoms with Gasteiger partial charge in [0, 0.05) is 22.5 Å². The first-order valence-electron chi connectivity index (χ1n) is 5.35. The van der Waals surface area contributed by atoms with Crippen LogP contribution in [0.3, 0.4) is 0 Å². The number of thiazole rings is 1. The van der Waals surface area contributed by atoms with Crippen LogP contribution in [0.4, 0.5) is 0 Å². The third-order valence-electron chi connectivity index (χ3n) is 2.32. The minimum atomic E-state index is -1.09. The van der Waals surface area contributed by atoms with E-state index < -0.39 is 11.7 Å². The number of aromatic carboxylic acids is 1. The first kappa shape index (κ1) is 13.8. The number of H-pyrrole nitrogens is 1. The Morgan fingerprint density at radius 1 is 1.53 bits per heavy atom. The number of hydrogen-bond donors (Lipinski definition) is 2. The van der Waals surface area contributed by atoms with Crippen LogP contribution in [0.5, 0.6) is 0 Å². The highest BCUT2D eigenvalue weighted by Crippen LogP contribution is 2.26. The van der Waals surface area contributed by atoms with E-state index in [9.17, 15) is 9.59 Å². The molecule has 0 radical (unpaired) electrons. The highest BCUT2D eigenvalue weighted by atomic mass is 32.2. The molecule has 0 saturated carbocycles. The van der Waals surface area contributed by atoms with Crippen molar-refractivity contribution in [2.24, 2.45) is 0 Å². The molecule has 2 aromatic heterocycles. The Hall–Kier alpha value is -1.67. The number of aryl methyl sites for hydroxylation is 2. The van der Waals surface area contributed by atoms with Crippen LogP contribution in [0.2, 0.25) is 0 Å². The van der Waals surface area contributed by atoms with Crippen molar-refractivity contribution in [3.8, 4) is 0 Å². The second-order valence-corrected chi connectivity index (χ2v) is 6.07. The van der Waals surface area contributed by atoms with Gasteiger partial charge in [-0.25, -0.2) is 14.6 Å². The first-order chi connectivity index (χ1) is 8.97. The third kappa shape index (κ3) is 3.21. The molecular weight excluding hydrogens is 286 g/mol. The molecule has 0 aliphatic heterocycles. The molecule has 0 fully saturated rings. The van der Waals surface area contributed by atoms with Crippen LogP contribution >= 0.6 is 23.1 Å². The fourth-order valence-corrected chi connectivity index (χ4v) is 3.42. The molecule has 0 amide bonds. The van der Waals surface area contributed by atoms with Gasteiger partial charge in [-0.3, -0.25) is 0 Å². The van der Waals surface area contributed by atoms with Gasteiger partial charge in [0.25, 0.3) is 0 Å². The number of thioether (sulfide) groups is 1. The Balaban J connectivity index is 2.28. The maximum atomic E-state index is 11.3. The van der Waals surface area contributed by atoms with E-state index >= 15 is 0 Å². The Morgan fingerprint density at radius 2 is 2.26 bits per heavy atom. The molecule has 0 saturated heterocycles. The SMILES string of the molecule is Cc1ncc(CSc2nc(=O)[nH]c(C)c2C(=O)O)s1. The average Bonchev–Trinajstić information content (AvgIpc) is 2.71. The van der Waals surface area contributed by atoms with E-state index in [-0.39, 0.29) is 10.6 Å². The lowest BCUT2D eigenvalue weighted by Crippen LogP contribution is -2.18.